The lowest BCUT2D eigenvalue weighted by atomic mass is 10.2. The van der Waals surface area contributed by atoms with E-state index in [1.54, 1.807) is 6.20 Å². The number of benzene rings is 1. The maximum Gasteiger partial charge on any atom is 0.163 e. The van der Waals surface area contributed by atoms with Crippen molar-refractivity contribution >= 4 is 49.3 Å². The van der Waals surface area contributed by atoms with E-state index < -0.39 is 0 Å². The monoisotopic (exact) mass is 389 g/mol. The van der Waals surface area contributed by atoms with Crippen molar-refractivity contribution < 1.29 is 0 Å². The Bertz CT molecular complexity index is 575. The highest BCUT2D eigenvalue weighted by Gasteiger charge is 2.10. The third-order valence-electron chi connectivity index (χ3n) is 2.26. The van der Waals surface area contributed by atoms with Gasteiger partial charge in [0.1, 0.15) is 5.82 Å². The van der Waals surface area contributed by atoms with Crippen molar-refractivity contribution in [2.75, 3.05) is 11.9 Å². The molecule has 0 fully saturated rings. The first-order valence-corrected chi connectivity index (χ1v) is 7.30. The molecular weight excluding hydrogens is 381 g/mol. The first-order valence-electron chi connectivity index (χ1n) is 5.33. The zero-order valence-corrected chi connectivity index (χ0v) is 13.5. The van der Waals surface area contributed by atoms with Gasteiger partial charge in [0.25, 0.3) is 0 Å². The molecule has 1 aromatic heterocycles. The molecule has 2 aromatic rings. The molecule has 0 radical (unpaired) electrons. The topological polar surface area (TPSA) is 37.8 Å². The molecule has 3 nitrogen and oxygen atoms in total. The summed E-state index contributed by atoms with van der Waals surface area (Å²) in [4.78, 5) is 8.75. The van der Waals surface area contributed by atoms with Gasteiger partial charge in [-0.3, -0.25) is 0 Å². The largest absolute Gasteiger partial charge is 0.369 e. The number of halogens is 3. The summed E-state index contributed by atoms with van der Waals surface area (Å²) in [5, 5.41) is 3.79. The molecule has 0 spiro atoms. The van der Waals surface area contributed by atoms with Crippen molar-refractivity contribution in [1.82, 2.24) is 9.97 Å². The Labute approximate surface area is 127 Å². The average Bonchev–Trinajstić information content (AvgIpc) is 2.35. The number of nitrogens with zero attached hydrogens (tertiary/aromatic N) is 2. The van der Waals surface area contributed by atoms with Gasteiger partial charge in [0.2, 0.25) is 0 Å². The fourth-order valence-electron chi connectivity index (χ4n) is 1.46. The lowest BCUT2D eigenvalue weighted by molar-refractivity contribution is 1.10. The molecule has 0 aliphatic rings. The Morgan fingerprint density at radius 3 is 2.83 bits per heavy atom. The Morgan fingerprint density at radius 2 is 2.11 bits per heavy atom. The summed E-state index contributed by atoms with van der Waals surface area (Å²) in [6.07, 6.45) is 1.72. The number of anilines is 1. The first-order chi connectivity index (χ1) is 8.61. The second kappa shape index (κ2) is 5.99. The Kier molecular flexibility index (Phi) is 4.59. The van der Waals surface area contributed by atoms with E-state index in [1.807, 2.05) is 25.1 Å². The average molecular weight is 391 g/mol. The van der Waals surface area contributed by atoms with Gasteiger partial charge in [-0.2, -0.15) is 0 Å². The van der Waals surface area contributed by atoms with Gasteiger partial charge in [-0.05, 0) is 41.1 Å². The van der Waals surface area contributed by atoms with E-state index in [2.05, 4.69) is 47.1 Å². The van der Waals surface area contributed by atoms with Crippen molar-refractivity contribution in [1.29, 1.82) is 0 Å². The van der Waals surface area contributed by atoms with Crippen LogP contribution in [0.4, 0.5) is 5.82 Å². The standard InChI is InChI=1S/C12H10Br2ClN3/c1-2-16-12-9(14)6-17-11(18-12)8-5-7(13)3-4-10(8)15/h3-6H,2H2,1H3,(H,16,17,18). The molecule has 0 amide bonds. The molecule has 0 saturated heterocycles. The van der Waals surface area contributed by atoms with Gasteiger partial charge in [0, 0.05) is 22.8 Å². The lowest BCUT2D eigenvalue weighted by Crippen LogP contribution is -2.02. The molecule has 94 valence electrons. The van der Waals surface area contributed by atoms with Crippen LogP contribution in [-0.4, -0.2) is 16.5 Å². The minimum Gasteiger partial charge on any atom is -0.369 e. The van der Waals surface area contributed by atoms with Crippen molar-refractivity contribution in [3.05, 3.63) is 38.4 Å². The highest BCUT2D eigenvalue weighted by molar-refractivity contribution is 9.10. The minimum absolute atomic E-state index is 0.598. The zero-order valence-electron chi connectivity index (χ0n) is 9.54. The van der Waals surface area contributed by atoms with Crippen molar-refractivity contribution in [3.63, 3.8) is 0 Å². The summed E-state index contributed by atoms with van der Waals surface area (Å²) in [6, 6.07) is 5.61. The summed E-state index contributed by atoms with van der Waals surface area (Å²) in [6.45, 7) is 2.81. The molecule has 0 unspecified atom stereocenters. The normalized spacial score (nSPS) is 10.4. The number of hydrogen-bond donors (Lipinski definition) is 1. The predicted octanol–water partition coefficient (Wildman–Crippen LogP) is 4.75. The predicted molar refractivity (Wildman–Crippen MR) is 82.0 cm³/mol. The maximum absolute atomic E-state index is 6.17. The van der Waals surface area contributed by atoms with Crippen molar-refractivity contribution in [2.45, 2.75) is 6.92 Å². The summed E-state index contributed by atoms with van der Waals surface area (Å²) in [5.41, 5.74) is 0.803. The molecule has 0 aliphatic heterocycles. The van der Waals surface area contributed by atoms with Crippen LogP contribution in [0.1, 0.15) is 6.92 Å². The van der Waals surface area contributed by atoms with Crippen LogP contribution in [-0.2, 0) is 0 Å². The van der Waals surface area contributed by atoms with Crippen LogP contribution in [0.5, 0.6) is 0 Å². The Balaban J connectivity index is 2.50. The molecule has 1 heterocycles. The smallest absolute Gasteiger partial charge is 0.163 e. The molecule has 0 aliphatic carbocycles. The number of hydrogen-bond acceptors (Lipinski definition) is 3. The van der Waals surface area contributed by atoms with Gasteiger partial charge < -0.3 is 5.32 Å². The van der Waals surface area contributed by atoms with Crippen LogP contribution in [0, 0.1) is 0 Å². The van der Waals surface area contributed by atoms with Gasteiger partial charge in [0.05, 0.1) is 9.50 Å². The highest BCUT2D eigenvalue weighted by Crippen LogP contribution is 2.30. The van der Waals surface area contributed by atoms with Gasteiger partial charge in [0.15, 0.2) is 5.82 Å². The van der Waals surface area contributed by atoms with Crippen molar-refractivity contribution in [2.24, 2.45) is 0 Å². The van der Waals surface area contributed by atoms with Crippen LogP contribution < -0.4 is 5.32 Å². The summed E-state index contributed by atoms with van der Waals surface area (Å²) >= 11 is 13.0. The van der Waals surface area contributed by atoms with Crippen LogP contribution in [0.15, 0.2) is 33.3 Å². The van der Waals surface area contributed by atoms with E-state index >= 15 is 0 Å². The van der Waals surface area contributed by atoms with Gasteiger partial charge in [-0.15, -0.1) is 0 Å². The molecule has 2 rings (SSSR count). The van der Waals surface area contributed by atoms with Crippen LogP contribution in [0.25, 0.3) is 11.4 Å². The van der Waals surface area contributed by atoms with Gasteiger partial charge in [-0.1, -0.05) is 27.5 Å². The fourth-order valence-corrected chi connectivity index (χ4v) is 2.35. The zero-order chi connectivity index (χ0) is 13.1. The van der Waals surface area contributed by atoms with E-state index in [0.29, 0.717) is 10.8 Å². The van der Waals surface area contributed by atoms with Gasteiger partial charge >= 0.3 is 0 Å². The number of aromatic nitrogens is 2. The van der Waals surface area contributed by atoms with E-state index in [1.165, 1.54) is 0 Å². The molecule has 1 aromatic carbocycles. The van der Waals surface area contributed by atoms with Crippen LogP contribution in [0.3, 0.4) is 0 Å². The SMILES string of the molecule is CCNc1nc(-c2cc(Br)ccc2Cl)ncc1Br. The molecule has 1 N–H and O–H groups in total. The Hall–Kier alpha value is -0.650. The lowest BCUT2D eigenvalue weighted by Gasteiger charge is -2.08. The maximum atomic E-state index is 6.17. The third-order valence-corrected chi connectivity index (χ3v) is 3.66. The summed E-state index contributed by atoms with van der Waals surface area (Å²) < 4.78 is 1.78. The van der Waals surface area contributed by atoms with E-state index in [9.17, 15) is 0 Å². The van der Waals surface area contributed by atoms with Crippen molar-refractivity contribution in [3.8, 4) is 11.4 Å². The minimum atomic E-state index is 0.598. The van der Waals surface area contributed by atoms with Crippen LogP contribution >= 0.6 is 43.5 Å². The second-order valence-electron chi connectivity index (χ2n) is 3.54. The summed E-state index contributed by atoms with van der Waals surface area (Å²) in [5.74, 6) is 1.36. The van der Waals surface area contributed by atoms with Crippen LogP contribution in [0.2, 0.25) is 5.02 Å². The number of nitrogens with one attached hydrogen (secondary N) is 1. The molecule has 6 heteroatoms. The third kappa shape index (κ3) is 3.02. The van der Waals surface area contributed by atoms with E-state index in [0.717, 1.165) is 26.9 Å². The first kappa shape index (κ1) is 13.8. The Morgan fingerprint density at radius 1 is 1.33 bits per heavy atom. The summed E-state index contributed by atoms with van der Waals surface area (Å²) in [7, 11) is 0. The molecular formula is C12H10Br2ClN3. The number of rotatable bonds is 3. The van der Waals surface area contributed by atoms with E-state index in [4.69, 9.17) is 11.6 Å². The van der Waals surface area contributed by atoms with Gasteiger partial charge in [-0.25, -0.2) is 9.97 Å². The molecule has 0 saturated carbocycles. The highest BCUT2D eigenvalue weighted by atomic mass is 79.9. The van der Waals surface area contributed by atoms with E-state index in [-0.39, 0.29) is 0 Å². The quantitative estimate of drug-likeness (QED) is 0.820. The molecule has 18 heavy (non-hydrogen) atoms. The fraction of sp³-hybridized carbons (Fsp3) is 0.167. The second-order valence-corrected chi connectivity index (χ2v) is 5.72. The molecule has 0 bridgehead atoms. The molecule has 0 atom stereocenters.